The smallest absolute Gasteiger partial charge is 0.335 e. The van der Waals surface area contributed by atoms with E-state index < -0.39 is 67.3 Å². The molecule has 0 radical (unpaired) electrons. The SMILES string of the molecule is CCCCC/C=C\C/C=C\C/C=C\CCCCCCCCC(=O)OCC(COC1OC(C(=O)O)C(O)C(O)C1OC(=O)CCCCCCCCCCCCCCCCC)OC(=O)CCCCCCC/C=C\CCCCCC. The van der Waals surface area contributed by atoms with Crippen molar-refractivity contribution in [3.63, 3.8) is 0 Å². The zero-order valence-electron chi connectivity index (χ0n) is 49.2. The number of carboxylic acids is 1. The van der Waals surface area contributed by atoms with Crippen LogP contribution in [0.1, 0.15) is 290 Å². The fourth-order valence-electron chi connectivity index (χ4n) is 9.49. The summed E-state index contributed by atoms with van der Waals surface area (Å²) in [6.07, 6.45) is 52.1. The average Bonchev–Trinajstić information content (AvgIpc) is 3.42. The van der Waals surface area contributed by atoms with Gasteiger partial charge in [0, 0.05) is 19.3 Å². The molecule has 1 aliphatic rings. The molecular formula is C65H114O12. The normalized spacial score (nSPS) is 18.3. The molecule has 0 aromatic heterocycles. The van der Waals surface area contributed by atoms with Crippen molar-refractivity contribution in [2.75, 3.05) is 13.2 Å². The monoisotopic (exact) mass is 1090 g/mol. The minimum absolute atomic E-state index is 0.0624. The van der Waals surface area contributed by atoms with E-state index in [1.165, 1.54) is 116 Å². The highest BCUT2D eigenvalue weighted by Crippen LogP contribution is 2.27. The summed E-state index contributed by atoms with van der Waals surface area (Å²) < 4.78 is 28.5. The number of unbranched alkanes of at least 4 members (excludes halogenated alkanes) is 32. The molecule has 12 nitrogen and oxygen atoms in total. The molecule has 0 bridgehead atoms. The van der Waals surface area contributed by atoms with Gasteiger partial charge < -0.3 is 39.0 Å². The van der Waals surface area contributed by atoms with Gasteiger partial charge in [0.2, 0.25) is 0 Å². The molecule has 6 unspecified atom stereocenters. The third-order valence-corrected chi connectivity index (χ3v) is 14.4. The van der Waals surface area contributed by atoms with Crippen molar-refractivity contribution in [3.05, 3.63) is 48.6 Å². The molecule has 6 atom stereocenters. The van der Waals surface area contributed by atoms with Crippen molar-refractivity contribution >= 4 is 23.9 Å². The van der Waals surface area contributed by atoms with Gasteiger partial charge in [0.25, 0.3) is 0 Å². The Balaban J connectivity index is 2.66. The second-order valence-corrected chi connectivity index (χ2v) is 21.7. The second kappa shape index (κ2) is 53.3. The largest absolute Gasteiger partial charge is 0.479 e. The lowest BCUT2D eigenvalue weighted by molar-refractivity contribution is -0.301. The van der Waals surface area contributed by atoms with Crippen LogP contribution in [0.3, 0.4) is 0 Å². The number of aliphatic hydroxyl groups is 2. The molecule has 0 aromatic rings. The van der Waals surface area contributed by atoms with Crippen molar-refractivity contribution in [1.29, 1.82) is 0 Å². The van der Waals surface area contributed by atoms with E-state index in [-0.39, 0.29) is 25.9 Å². The zero-order chi connectivity index (χ0) is 56.1. The maximum Gasteiger partial charge on any atom is 0.335 e. The average molecular weight is 1090 g/mol. The summed E-state index contributed by atoms with van der Waals surface area (Å²) in [6.45, 7) is 5.96. The number of rotatable bonds is 54. The first kappa shape index (κ1) is 71.7. The van der Waals surface area contributed by atoms with Gasteiger partial charge in [-0.15, -0.1) is 0 Å². The van der Waals surface area contributed by atoms with Crippen molar-refractivity contribution < 1.29 is 58.2 Å². The summed E-state index contributed by atoms with van der Waals surface area (Å²) in [5.74, 6) is -3.12. The standard InChI is InChI=1S/C65H114O12/c1-4-7-10-13-16-19-22-25-27-28-29-30-32-34-36-39-42-45-48-51-57(66)73-54-56(75-58(67)52-49-46-43-40-37-33-24-21-18-15-12-9-6-3)55-74-65-63(61(70)60(69)62(77-65)64(71)72)76-59(68)53-50-47-44-41-38-35-31-26-23-20-17-14-11-8-5-2/h16,19,21,24-25,27,29-30,56,60-63,65,69-70H,4-15,17-18,20,22-23,26,28,31-55H2,1-3H3,(H,71,72)/b19-16-,24-21-,27-25-,30-29-. The number of hydrogen-bond donors (Lipinski definition) is 3. The van der Waals surface area contributed by atoms with Gasteiger partial charge in [-0.2, -0.15) is 0 Å². The molecule has 0 amide bonds. The molecule has 446 valence electrons. The number of carbonyl (C=O) groups excluding carboxylic acids is 3. The number of hydrogen-bond acceptors (Lipinski definition) is 11. The summed E-state index contributed by atoms with van der Waals surface area (Å²) in [4.78, 5) is 51.2. The zero-order valence-corrected chi connectivity index (χ0v) is 49.2. The summed E-state index contributed by atoms with van der Waals surface area (Å²) >= 11 is 0. The van der Waals surface area contributed by atoms with Crippen molar-refractivity contribution in [1.82, 2.24) is 0 Å². The number of carbonyl (C=O) groups is 4. The van der Waals surface area contributed by atoms with Crippen LogP contribution in [0.5, 0.6) is 0 Å². The Labute approximate surface area is 469 Å². The molecular weight excluding hydrogens is 973 g/mol. The molecule has 1 saturated heterocycles. The molecule has 1 heterocycles. The highest BCUT2D eigenvalue weighted by molar-refractivity contribution is 5.74. The number of aliphatic hydroxyl groups excluding tert-OH is 2. The maximum absolute atomic E-state index is 13.2. The van der Waals surface area contributed by atoms with E-state index in [1.54, 1.807) is 0 Å². The van der Waals surface area contributed by atoms with Crippen molar-refractivity contribution in [3.8, 4) is 0 Å². The van der Waals surface area contributed by atoms with E-state index in [0.29, 0.717) is 19.3 Å². The highest BCUT2D eigenvalue weighted by Gasteiger charge is 2.50. The van der Waals surface area contributed by atoms with Gasteiger partial charge >= 0.3 is 23.9 Å². The van der Waals surface area contributed by atoms with Crippen LogP contribution >= 0.6 is 0 Å². The van der Waals surface area contributed by atoms with Gasteiger partial charge in [-0.1, -0.05) is 236 Å². The van der Waals surface area contributed by atoms with Crippen LogP contribution in [-0.2, 0) is 42.9 Å². The third-order valence-electron chi connectivity index (χ3n) is 14.4. The van der Waals surface area contributed by atoms with Gasteiger partial charge in [0.05, 0.1) is 6.61 Å². The Hall–Kier alpha value is -3.32. The molecule has 1 rings (SSSR count). The molecule has 0 aromatic carbocycles. The second-order valence-electron chi connectivity index (χ2n) is 21.7. The first-order valence-corrected chi connectivity index (χ1v) is 31.6. The quantitative estimate of drug-likeness (QED) is 0.0228. The van der Waals surface area contributed by atoms with Crippen LogP contribution in [0.15, 0.2) is 48.6 Å². The summed E-state index contributed by atoms with van der Waals surface area (Å²) in [6, 6.07) is 0. The van der Waals surface area contributed by atoms with E-state index in [2.05, 4.69) is 69.4 Å². The maximum atomic E-state index is 13.2. The Morgan fingerprint density at radius 3 is 1.23 bits per heavy atom. The molecule has 0 aliphatic carbocycles. The minimum Gasteiger partial charge on any atom is -0.479 e. The molecule has 1 fully saturated rings. The molecule has 0 saturated carbocycles. The van der Waals surface area contributed by atoms with Crippen molar-refractivity contribution in [2.45, 2.75) is 327 Å². The van der Waals surface area contributed by atoms with Crippen LogP contribution in [0.4, 0.5) is 0 Å². The van der Waals surface area contributed by atoms with Gasteiger partial charge in [-0.3, -0.25) is 14.4 Å². The number of allylic oxidation sites excluding steroid dienone is 8. The predicted molar refractivity (Wildman–Crippen MR) is 312 cm³/mol. The molecule has 1 aliphatic heterocycles. The molecule has 77 heavy (non-hydrogen) atoms. The number of ether oxygens (including phenoxy) is 5. The van der Waals surface area contributed by atoms with Gasteiger partial charge in [0.15, 0.2) is 24.6 Å². The van der Waals surface area contributed by atoms with Crippen molar-refractivity contribution in [2.24, 2.45) is 0 Å². The first-order chi connectivity index (χ1) is 37.6. The third kappa shape index (κ3) is 43.2. The van der Waals surface area contributed by atoms with E-state index >= 15 is 0 Å². The van der Waals surface area contributed by atoms with E-state index in [9.17, 15) is 34.5 Å². The Bertz CT molecular complexity index is 1520. The fraction of sp³-hybridized carbons (Fsp3) is 0.815. The predicted octanol–water partition coefficient (Wildman–Crippen LogP) is 16.6. The fourth-order valence-corrected chi connectivity index (χ4v) is 9.49. The van der Waals surface area contributed by atoms with Gasteiger partial charge in [0.1, 0.15) is 18.8 Å². The number of carboxylic acid groups (broad SMARTS) is 1. The highest BCUT2D eigenvalue weighted by atomic mass is 16.7. The number of esters is 3. The topological polar surface area (TPSA) is 175 Å². The van der Waals surface area contributed by atoms with Crippen LogP contribution in [0, 0.1) is 0 Å². The van der Waals surface area contributed by atoms with E-state index in [0.717, 1.165) is 116 Å². The lowest BCUT2D eigenvalue weighted by atomic mass is 9.98. The number of aliphatic carboxylic acids is 1. The van der Waals surface area contributed by atoms with E-state index in [1.807, 2.05) is 0 Å². The van der Waals surface area contributed by atoms with Crippen LogP contribution < -0.4 is 0 Å². The molecule has 3 N–H and O–H groups in total. The lowest BCUT2D eigenvalue weighted by Gasteiger charge is -2.40. The Morgan fingerprint density at radius 1 is 0.429 bits per heavy atom. The lowest BCUT2D eigenvalue weighted by Crippen LogP contribution is -2.61. The van der Waals surface area contributed by atoms with Gasteiger partial charge in [-0.25, -0.2) is 4.79 Å². The Morgan fingerprint density at radius 2 is 0.779 bits per heavy atom. The Kier molecular flexibility index (Phi) is 49.7. The molecule has 0 spiro atoms. The summed E-state index contributed by atoms with van der Waals surface area (Å²) in [7, 11) is 0. The van der Waals surface area contributed by atoms with Gasteiger partial charge in [-0.05, 0) is 83.5 Å². The first-order valence-electron chi connectivity index (χ1n) is 31.6. The summed E-state index contributed by atoms with van der Waals surface area (Å²) in [5, 5.41) is 31.5. The van der Waals surface area contributed by atoms with E-state index in [4.69, 9.17) is 23.7 Å². The van der Waals surface area contributed by atoms with Crippen LogP contribution in [0.2, 0.25) is 0 Å². The summed E-state index contributed by atoms with van der Waals surface area (Å²) in [5.41, 5.74) is 0. The van der Waals surface area contributed by atoms with Crippen LogP contribution in [0.25, 0.3) is 0 Å². The molecule has 12 heteroatoms. The minimum atomic E-state index is -1.90. The van der Waals surface area contributed by atoms with Crippen LogP contribution in [-0.4, -0.2) is 89.2 Å².